The lowest BCUT2D eigenvalue weighted by molar-refractivity contribution is -0.137. The average Bonchev–Trinajstić information content (AvgIpc) is 2.95. The van der Waals surface area contributed by atoms with E-state index in [0.717, 1.165) is 30.1 Å². The highest BCUT2D eigenvalue weighted by Gasteiger charge is 2.30. The predicted octanol–water partition coefficient (Wildman–Crippen LogP) is 2.79. The summed E-state index contributed by atoms with van der Waals surface area (Å²) < 4.78 is 39.8. The van der Waals surface area contributed by atoms with Crippen LogP contribution in [0.15, 0.2) is 35.5 Å². The first-order chi connectivity index (χ1) is 11.8. The summed E-state index contributed by atoms with van der Waals surface area (Å²) in [5, 5.41) is 3.16. The fraction of sp³-hybridized carbons (Fsp3) is 0.375. The van der Waals surface area contributed by atoms with Gasteiger partial charge >= 0.3 is 12.2 Å². The van der Waals surface area contributed by atoms with Crippen molar-refractivity contribution < 1.29 is 18.0 Å². The molecule has 0 spiro atoms. The number of urea groups is 1. The van der Waals surface area contributed by atoms with Gasteiger partial charge in [-0.15, -0.1) is 11.3 Å². The summed E-state index contributed by atoms with van der Waals surface area (Å²) in [7, 11) is 0. The van der Waals surface area contributed by atoms with E-state index in [1.807, 2.05) is 6.92 Å². The molecule has 1 saturated heterocycles. The summed E-state index contributed by atoms with van der Waals surface area (Å²) in [6, 6.07) is 4.48. The highest BCUT2D eigenvalue weighted by molar-refractivity contribution is 7.09. The highest BCUT2D eigenvalue weighted by atomic mass is 32.1. The maximum Gasteiger partial charge on any atom is 0.416 e. The van der Waals surface area contributed by atoms with Crippen molar-refractivity contribution in [1.29, 1.82) is 0 Å². The van der Waals surface area contributed by atoms with Crippen molar-refractivity contribution >= 4 is 17.4 Å². The average molecular weight is 370 g/mol. The zero-order chi connectivity index (χ0) is 18.0. The van der Waals surface area contributed by atoms with E-state index in [4.69, 9.17) is 0 Å². The topological polar surface area (TPSA) is 49.6 Å². The molecule has 0 atom stereocenters. The molecule has 0 aliphatic carbocycles. The zero-order valence-electron chi connectivity index (χ0n) is 13.5. The van der Waals surface area contributed by atoms with Crippen LogP contribution in [0.25, 0.3) is 5.69 Å². The normalized spacial score (nSPS) is 16.3. The Hall–Kier alpha value is -2.13. The number of hydrogen-bond donors (Lipinski definition) is 1. The van der Waals surface area contributed by atoms with Crippen molar-refractivity contribution in [3.8, 4) is 5.69 Å². The Labute approximate surface area is 146 Å². The molecular formula is C16H17F3N4OS. The first-order valence-electron chi connectivity index (χ1n) is 7.76. The number of piperazine rings is 1. The maximum atomic E-state index is 12.7. The van der Waals surface area contributed by atoms with Crippen LogP contribution in [0.2, 0.25) is 0 Å². The molecule has 134 valence electrons. The number of carbonyl (C=O) groups excluding carboxylic acids is 1. The predicted molar refractivity (Wildman–Crippen MR) is 88.8 cm³/mol. The third kappa shape index (κ3) is 4.10. The first-order valence-corrected chi connectivity index (χ1v) is 8.57. The number of nitrogens with zero attached hydrogens (tertiary/aromatic N) is 3. The van der Waals surface area contributed by atoms with Gasteiger partial charge in [-0.1, -0.05) is 0 Å². The highest BCUT2D eigenvalue weighted by Crippen LogP contribution is 2.29. The largest absolute Gasteiger partial charge is 0.416 e. The van der Waals surface area contributed by atoms with Gasteiger partial charge in [-0.3, -0.25) is 4.57 Å². The lowest BCUT2D eigenvalue weighted by Crippen LogP contribution is -2.45. The molecule has 0 unspecified atom stereocenters. The van der Waals surface area contributed by atoms with Crippen LogP contribution in [0.5, 0.6) is 0 Å². The van der Waals surface area contributed by atoms with E-state index in [0.29, 0.717) is 23.6 Å². The number of halogens is 3. The van der Waals surface area contributed by atoms with Gasteiger partial charge in [-0.25, -0.2) is 4.79 Å². The van der Waals surface area contributed by atoms with E-state index in [1.54, 1.807) is 15.7 Å². The molecule has 1 aromatic heterocycles. The summed E-state index contributed by atoms with van der Waals surface area (Å²) in [6.07, 6.45) is -2.61. The molecule has 0 saturated carbocycles. The third-order valence-corrected chi connectivity index (χ3v) is 4.72. The van der Waals surface area contributed by atoms with Crippen molar-refractivity contribution in [3.63, 3.8) is 0 Å². The molecule has 5 nitrogen and oxygen atoms in total. The number of aryl methyl sites for hydroxylation is 1. The van der Waals surface area contributed by atoms with Crippen LogP contribution in [-0.4, -0.2) is 41.7 Å². The second-order valence-corrected chi connectivity index (χ2v) is 6.88. The Kier molecular flexibility index (Phi) is 4.96. The molecule has 2 aromatic rings. The van der Waals surface area contributed by atoms with Crippen molar-refractivity contribution in [2.24, 2.45) is 4.99 Å². The Morgan fingerprint density at radius 3 is 2.44 bits per heavy atom. The fourth-order valence-corrected chi connectivity index (χ4v) is 3.36. The first kappa shape index (κ1) is 17.7. The zero-order valence-corrected chi connectivity index (χ0v) is 14.3. The quantitative estimate of drug-likeness (QED) is 0.839. The third-order valence-electron chi connectivity index (χ3n) is 3.82. The number of hydrogen-bond acceptors (Lipinski definition) is 3. The molecule has 3 rings (SSSR count). The number of alkyl halides is 3. The van der Waals surface area contributed by atoms with E-state index in [-0.39, 0.29) is 6.03 Å². The van der Waals surface area contributed by atoms with Gasteiger partial charge in [0.15, 0.2) is 4.80 Å². The van der Waals surface area contributed by atoms with Crippen molar-refractivity contribution in [2.45, 2.75) is 13.1 Å². The molecule has 0 radical (unpaired) electrons. The van der Waals surface area contributed by atoms with Gasteiger partial charge in [-0.2, -0.15) is 18.2 Å². The summed E-state index contributed by atoms with van der Waals surface area (Å²) in [5.74, 6) is 0. The Bertz CT molecular complexity index is 817. The van der Waals surface area contributed by atoms with E-state index in [9.17, 15) is 18.0 Å². The SMILES string of the molecule is Cc1cn(-c2ccc(C(F)(F)F)cc2)c(=NC(=O)N2CCNCC2)s1. The summed E-state index contributed by atoms with van der Waals surface area (Å²) in [5.41, 5.74) is -0.177. The number of nitrogens with one attached hydrogen (secondary N) is 1. The Morgan fingerprint density at radius 1 is 1.20 bits per heavy atom. The van der Waals surface area contributed by atoms with Crippen molar-refractivity contribution in [3.05, 3.63) is 45.7 Å². The molecule has 1 aromatic carbocycles. The molecular weight excluding hydrogens is 353 g/mol. The minimum absolute atomic E-state index is 0.330. The van der Waals surface area contributed by atoms with Crippen LogP contribution in [0.1, 0.15) is 10.4 Å². The Morgan fingerprint density at radius 2 is 1.84 bits per heavy atom. The monoisotopic (exact) mass is 370 g/mol. The van der Waals surface area contributed by atoms with Gasteiger partial charge in [0.2, 0.25) is 0 Å². The molecule has 1 fully saturated rings. The van der Waals surface area contributed by atoms with Gasteiger partial charge in [0.25, 0.3) is 0 Å². The molecule has 2 amide bonds. The van der Waals surface area contributed by atoms with E-state index < -0.39 is 11.7 Å². The molecule has 0 bridgehead atoms. The maximum absolute atomic E-state index is 12.7. The van der Waals surface area contributed by atoms with Crippen molar-refractivity contribution in [2.75, 3.05) is 26.2 Å². The number of rotatable bonds is 1. The van der Waals surface area contributed by atoms with Gasteiger partial charge in [0, 0.05) is 42.9 Å². The van der Waals surface area contributed by atoms with Gasteiger partial charge < -0.3 is 10.2 Å². The van der Waals surface area contributed by atoms with Gasteiger partial charge in [0.05, 0.1) is 5.56 Å². The number of benzene rings is 1. The minimum atomic E-state index is -4.38. The van der Waals surface area contributed by atoms with Crippen LogP contribution >= 0.6 is 11.3 Å². The van der Waals surface area contributed by atoms with Gasteiger partial charge in [-0.05, 0) is 31.2 Å². The minimum Gasteiger partial charge on any atom is -0.320 e. The smallest absolute Gasteiger partial charge is 0.320 e. The van der Waals surface area contributed by atoms with E-state index in [1.165, 1.54) is 23.5 Å². The van der Waals surface area contributed by atoms with Crippen LogP contribution in [-0.2, 0) is 6.18 Å². The molecule has 1 N–H and O–H groups in total. The summed E-state index contributed by atoms with van der Waals surface area (Å²) >= 11 is 1.32. The number of aromatic nitrogens is 1. The van der Waals surface area contributed by atoms with Crippen LogP contribution < -0.4 is 10.1 Å². The Balaban J connectivity index is 1.93. The standard InChI is InChI=1S/C16H17F3N4OS/c1-11-10-23(13-4-2-12(3-5-13)16(17,18)19)15(25-11)21-14(24)22-8-6-20-7-9-22/h2-5,10,20H,6-9H2,1H3. The fourth-order valence-electron chi connectivity index (χ4n) is 2.54. The second kappa shape index (κ2) is 7.01. The summed E-state index contributed by atoms with van der Waals surface area (Å²) in [4.78, 5) is 19.5. The van der Waals surface area contributed by atoms with Crippen LogP contribution in [0.3, 0.4) is 0 Å². The number of thiazole rings is 1. The molecule has 2 heterocycles. The van der Waals surface area contributed by atoms with Crippen LogP contribution in [0, 0.1) is 6.92 Å². The lowest BCUT2D eigenvalue weighted by atomic mass is 10.2. The lowest BCUT2D eigenvalue weighted by Gasteiger charge is -2.25. The van der Waals surface area contributed by atoms with E-state index in [2.05, 4.69) is 10.3 Å². The van der Waals surface area contributed by atoms with E-state index >= 15 is 0 Å². The number of carbonyl (C=O) groups is 1. The molecule has 9 heteroatoms. The molecule has 1 aliphatic heterocycles. The molecule has 25 heavy (non-hydrogen) atoms. The van der Waals surface area contributed by atoms with Crippen molar-refractivity contribution in [1.82, 2.24) is 14.8 Å². The van der Waals surface area contributed by atoms with Crippen LogP contribution in [0.4, 0.5) is 18.0 Å². The molecule has 1 aliphatic rings. The van der Waals surface area contributed by atoms with Gasteiger partial charge in [0.1, 0.15) is 0 Å². The summed E-state index contributed by atoms with van der Waals surface area (Å²) in [6.45, 7) is 4.49. The second-order valence-electron chi connectivity index (χ2n) is 5.67. The number of amides is 2.